The number of hydrogen-bond donors (Lipinski definition) is 2. The number of morpholine rings is 1. The van der Waals surface area contributed by atoms with Crippen LogP contribution in [0, 0.1) is 13.8 Å². The van der Waals surface area contributed by atoms with E-state index in [1.165, 1.54) is 11.1 Å². The Morgan fingerprint density at radius 2 is 1.62 bits per heavy atom. The van der Waals surface area contributed by atoms with Gasteiger partial charge in [-0.15, -0.1) is 0 Å². The molecule has 26 heavy (non-hydrogen) atoms. The number of benzene rings is 1. The minimum absolute atomic E-state index is 0.346. The number of ether oxygens (including phenoxy) is 2. The Labute approximate surface area is 154 Å². The fraction of sp³-hybridized carbons (Fsp3) is 0.579. The highest BCUT2D eigenvalue weighted by atomic mass is 16.5. The molecule has 1 aromatic carbocycles. The van der Waals surface area contributed by atoms with E-state index >= 15 is 0 Å². The Hall–Kier alpha value is -2.12. The smallest absolute Gasteiger partial charge is 0.414 e. The van der Waals surface area contributed by atoms with Gasteiger partial charge < -0.3 is 19.7 Å². The molecule has 0 bridgehead atoms. The summed E-state index contributed by atoms with van der Waals surface area (Å²) >= 11 is 0. The summed E-state index contributed by atoms with van der Waals surface area (Å²) in [7, 11) is 0. The van der Waals surface area contributed by atoms with E-state index < -0.39 is 11.9 Å². The van der Waals surface area contributed by atoms with Crippen LogP contribution in [0.15, 0.2) is 18.2 Å². The lowest BCUT2D eigenvalue weighted by Gasteiger charge is -2.35. The van der Waals surface area contributed by atoms with Crippen LogP contribution in [0.4, 0.5) is 0 Å². The van der Waals surface area contributed by atoms with Crippen molar-refractivity contribution in [3.8, 4) is 5.75 Å². The number of rotatable bonds is 5. The molecule has 1 aliphatic rings. The lowest BCUT2D eigenvalue weighted by molar-refractivity contribution is -0.159. The molecule has 0 radical (unpaired) electrons. The molecule has 0 saturated carbocycles. The van der Waals surface area contributed by atoms with Crippen molar-refractivity contribution >= 4 is 11.9 Å². The van der Waals surface area contributed by atoms with Crippen LogP contribution >= 0.6 is 0 Å². The van der Waals surface area contributed by atoms with Gasteiger partial charge in [0.25, 0.3) is 0 Å². The molecular weight excluding hydrogens is 338 g/mol. The standard InChI is InChI=1S/C17H27NO2.C2H2O4/c1-13-7-5-8-14(2)17(13)19-10-6-9-18-11-15(3)20-16(4)12-18;3-1(4)2(5)6/h5,7-8,15-16H,6,9-12H2,1-4H3;(H,3,4)(H,5,6). The first-order valence-electron chi connectivity index (χ1n) is 8.73. The summed E-state index contributed by atoms with van der Waals surface area (Å²) in [4.78, 5) is 20.7. The third-order valence-corrected chi connectivity index (χ3v) is 3.95. The van der Waals surface area contributed by atoms with Crippen LogP contribution in [0.2, 0.25) is 0 Å². The highest BCUT2D eigenvalue weighted by Gasteiger charge is 2.21. The number of hydrogen-bond acceptors (Lipinski definition) is 5. The summed E-state index contributed by atoms with van der Waals surface area (Å²) in [5.74, 6) is -2.60. The van der Waals surface area contributed by atoms with Crippen molar-refractivity contribution in [3.05, 3.63) is 29.3 Å². The Morgan fingerprint density at radius 3 is 2.08 bits per heavy atom. The largest absolute Gasteiger partial charge is 0.493 e. The van der Waals surface area contributed by atoms with Gasteiger partial charge in [0.2, 0.25) is 0 Å². The average molecular weight is 367 g/mol. The van der Waals surface area contributed by atoms with Crippen LogP contribution in [0.1, 0.15) is 31.4 Å². The maximum Gasteiger partial charge on any atom is 0.414 e. The zero-order chi connectivity index (χ0) is 19.7. The van der Waals surface area contributed by atoms with Crippen molar-refractivity contribution in [3.63, 3.8) is 0 Å². The molecule has 1 aromatic rings. The number of nitrogens with zero attached hydrogens (tertiary/aromatic N) is 1. The maximum atomic E-state index is 9.10. The van der Waals surface area contributed by atoms with Gasteiger partial charge in [-0.25, -0.2) is 9.59 Å². The van der Waals surface area contributed by atoms with Crippen LogP contribution in [0.5, 0.6) is 5.75 Å². The van der Waals surface area contributed by atoms with Gasteiger partial charge in [-0.3, -0.25) is 4.90 Å². The molecule has 1 fully saturated rings. The molecule has 1 saturated heterocycles. The maximum absolute atomic E-state index is 9.10. The lowest BCUT2D eigenvalue weighted by atomic mass is 10.1. The third kappa shape index (κ3) is 7.84. The van der Waals surface area contributed by atoms with E-state index in [4.69, 9.17) is 29.3 Å². The van der Waals surface area contributed by atoms with Gasteiger partial charge in [0.1, 0.15) is 5.75 Å². The first kappa shape index (κ1) is 21.9. The second kappa shape index (κ2) is 10.8. The minimum atomic E-state index is -1.82. The predicted octanol–water partition coefficient (Wildman–Crippen LogP) is 2.34. The highest BCUT2D eigenvalue weighted by Crippen LogP contribution is 2.22. The molecule has 0 aromatic heterocycles. The summed E-state index contributed by atoms with van der Waals surface area (Å²) < 4.78 is 11.7. The zero-order valence-corrected chi connectivity index (χ0v) is 15.9. The van der Waals surface area contributed by atoms with Crippen molar-refractivity contribution in [1.29, 1.82) is 0 Å². The zero-order valence-electron chi connectivity index (χ0n) is 15.9. The first-order chi connectivity index (χ1) is 12.2. The Balaban J connectivity index is 0.000000487. The molecule has 146 valence electrons. The number of carboxylic acid groups (broad SMARTS) is 2. The van der Waals surface area contributed by atoms with E-state index in [9.17, 15) is 0 Å². The van der Waals surface area contributed by atoms with Crippen LogP contribution in [0.25, 0.3) is 0 Å². The topological polar surface area (TPSA) is 96.3 Å². The fourth-order valence-electron chi connectivity index (χ4n) is 2.96. The monoisotopic (exact) mass is 367 g/mol. The molecule has 0 spiro atoms. The number of aliphatic carboxylic acids is 2. The first-order valence-corrected chi connectivity index (χ1v) is 8.73. The molecule has 2 atom stereocenters. The summed E-state index contributed by atoms with van der Waals surface area (Å²) in [5.41, 5.74) is 2.44. The molecule has 0 amide bonds. The fourth-order valence-corrected chi connectivity index (χ4v) is 2.96. The van der Waals surface area contributed by atoms with Gasteiger partial charge in [-0.1, -0.05) is 18.2 Å². The summed E-state index contributed by atoms with van der Waals surface area (Å²) in [5, 5.41) is 14.8. The van der Waals surface area contributed by atoms with E-state index in [1.807, 2.05) is 0 Å². The van der Waals surface area contributed by atoms with E-state index in [2.05, 4.69) is 50.8 Å². The molecule has 2 unspecified atom stereocenters. The molecule has 7 heteroatoms. The quantitative estimate of drug-likeness (QED) is 0.609. The molecule has 2 rings (SSSR count). The van der Waals surface area contributed by atoms with Gasteiger partial charge >= 0.3 is 11.9 Å². The second-order valence-electron chi connectivity index (χ2n) is 6.55. The lowest BCUT2D eigenvalue weighted by Crippen LogP contribution is -2.45. The van der Waals surface area contributed by atoms with Crippen LogP contribution in [-0.2, 0) is 14.3 Å². The molecule has 1 heterocycles. The highest BCUT2D eigenvalue weighted by molar-refractivity contribution is 6.27. The SMILES string of the molecule is Cc1cccc(C)c1OCCCN1CC(C)OC(C)C1.O=C(O)C(=O)O. The van der Waals surface area contributed by atoms with E-state index in [0.29, 0.717) is 12.2 Å². The van der Waals surface area contributed by atoms with Gasteiger partial charge in [0.05, 0.1) is 18.8 Å². The number of carboxylic acids is 2. The summed E-state index contributed by atoms with van der Waals surface area (Å²) in [6.45, 7) is 12.4. The Morgan fingerprint density at radius 1 is 1.12 bits per heavy atom. The van der Waals surface area contributed by atoms with Crippen LogP contribution in [0.3, 0.4) is 0 Å². The van der Waals surface area contributed by atoms with Crippen molar-refractivity contribution in [2.45, 2.75) is 46.3 Å². The van der Waals surface area contributed by atoms with Crippen molar-refractivity contribution in [2.75, 3.05) is 26.2 Å². The van der Waals surface area contributed by atoms with E-state index in [0.717, 1.165) is 38.4 Å². The molecular formula is C19H29NO6. The molecule has 7 nitrogen and oxygen atoms in total. The Bertz CT molecular complexity index is 561. The average Bonchev–Trinajstić information content (AvgIpc) is 2.53. The number of carbonyl (C=O) groups is 2. The molecule has 2 N–H and O–H groups in total. The van der Waals surface area contributed by atoms with Crippen molar-refractivity contribution in [1.82, 2.24) is 4.90 Å². The van der Waals surface area contributed by atoms with Crippen molar-refractivity contribution in [2.24, 2.45) is 0 Å². The van der Waals surface area contributed by atoms with E-state index in [1.54, 1.807) is 0 Å². The van der Waals surface area contributed by atoms with Gasteiger partial charge in [-0.05, 0) is 45.2 Å². The molecule has 0 aliphatic carbocycles. The Kier molecular flexibility index (Phi) is 9.09. The van der Waals surface area contributed by atoms with Crippen LogP contribution < -0.4 is 4.74 Å². The van der Waals surface area contributed by atoms with Crippen LogP contribution in [-0.4, -0.2) is 65.5 Å². The van der Waals surface area contributed by atoms with Gasteiger partial charge in [0.15, 0.2) is 0 Å². The van der Waals surface area contributed by atoms with E-state index in [-0.39, 0.29) is 0 Å². The number of aryl methyl sites for hydroxylation is 2. The predicted molar refractivity (Wildman–Crippen MR) is 97.7 cm³/mol. The second-order valence-corrected chi connectivity index (χ2v) is 6.55. The number of para-hydroxylation sites is 1. The third-order valence-electron chi connectivity index (χ3n) is 3.95. The molecule has 1 aliphatic heterocycles. The normalized spacial score (nSPS) is 20.0. The minimum Gasteiger partial charge on any atom is -0.493 e. The van der Waals surface area contributed by atoms with Gasteiger partial charge in [-0.2, -0.15) is 0 Å². The summed E-state index contributed by atoms with van der Waals surface area (Å²) in [6, 6.07) is 6.29. The van der Waals surface area contributed by atoms with Crippen molar-refractivity contribution < 1.29 is 29.3 Å². The summed E-state index contributed by atoms with van der Waals surface area (Å²) in [6.07, 6.45) is 1.75. The van der Waals surface area contributed by atoms with Gasteiger partial charge in [0, 0.05) is 19.6 Å².